The van der Waals surface area contributed by atoms with Crippen molar-refractivity contribution < 1.29 is 9.47 Å². The van der Waals surface area contributed by atoms with Gasteiger partial charge in [-0.15, -0.1) is 11.3 Å². The van der Waals surface area contributed by atoms with Crippen LogP contribution in [0.1, 0.15) is 5.01 Å². The minimum atomic E-state index is 0.449. The zero-order valence-electron chi connectivity index (χ0n) is 10.1. The van der Waals surface area contributed by atoms with Gasteiger partial charge in [-0.05, 0) is 22.0 Å². The molecule has 0 unspecified atom stereocenters. The molecule has 0 radical (unpaired) electrons. The number of methoxy groups -OCH3 is 2. The van der Waals surface area contributed by atoms with E-state index in [1.165, 1.54) is 0 Å². The van der Waals surface area contributed by atoms with Gasteiger partial charge in [0.25, 0.3) is 0 Å². The molecule has 2 aromatic rings. The standard InChI is InChI=1S/C12H13BrN2O2S/c1-16-10-4-11(17-2)8(13)3-7(10)9-6-18-12(5-14)15-9/h3-4,6H,5,14H2,1-2H3. The first-order chi connectivity index (χ1) is 8.69. The van der Waals surface area contributed by atoms with Crippen LogP contribution in [-0.2, 0) is 6.54 Å². The zero-order valence-corrected chi connectivity index (χ0v) is 12.5. The summed E-state index contributed by atoms with van der Waals surface area (Å²) >= 11 is 5.00. The lowest BCUT2D eigenvalue weighted by Crippen LogP contribution is -1.95. The predicted molar refractivity (Wildman–Crippen MR) is 76.2 cm³/mol. The Bertz CT molecular complexity index is 557. The van der Waals surface area contributed by atoms with E-state index in [2.05, 4.69) is 20.9 Å². The van der Waals surface area contributed by atoms with Crippen LogP contribution < -0.4 is 15.2 Å². The third-order valence-electron chi connectivity index (χ3n) is 2.48. The summed E-state index contributed by atoms with van der Waals surface area (Å²) in [5.41, 5.74) is 7.35. The smallest absolute Gasteiger partial charge is 0.136 e. The molecule has 0 fully saturated rings. The Labute approximate surface area is 118 Å². The molecule has 2 rings (SSSR count). The van der Waals surface area contributed by atoms with Gasteiger partial charge in [-0.2, -0.15) is 0 Å². The van der Waals surface area contributed by atoms with Gasteiger partial charge in [0.05, 0.1) is 24.4 Å². The van der Waals surface area contributed by atoms with Crippen LogP contribution in [-0.4, -0.2) is 19.2 Å². The van der Waals surface area contributed by atoms with E-state index in [-0.39, 0.29) is 0 Å². The van der Waals surface area contributed by atoms with E-state index in [0.717, 1.165) is 32.2 Å². The lowest BCUT2D eigenvalue weighted by Gasteiger charge is -2.10. The van der Waals surface area contributed by atoms with Crippen LogP contribution in [0.5, 0.6) is 11.5 Å². The van der Waals surface area contributed by atoms with E-state index in [4.69, 9.17) is 15.2 Å². The van der Waals surface area contributed by atoms with E-state index in [1.54, 1.807) is 25.6 Å². The van der Waals surface area contributed by atoms with Crippen molar-refractivity contribution in [3.63, 3.8) is 0 Å². The number of ether oxygens (including phenoxy) is 2. The Kier molecular flexibility index (Phi) is 4.21. The number of halogens is 1. The summed E-state index contributed by atoms with van der Waals surface area (Å²) in [4.78, 5) is 4.46. The Morgan fingerprint density at radius 1 is 1.28 bits per heavy atom. The quantitative estimate of drug-likeness (QED) is 0.937. The number of nitrogens with zero attached hydrogens (tertiary/aromatic N) is 1. The number of aromatic nitrogens is 1. The predicted octanol–water partition coefficient (Wildman–Crippen LogP) is 3.05. The molecular formula is C12H13BrN2O2S. The number of hydrogen-bond donors (Lipinski definition) is 1. The third kappa shape index (κ3) is 2.50. The van der Waals surface area contributed by atoms with Crippen LogP contribution in [0, 0.1) is 0 Å². The van der Waals surface area contributed by atoms with E-state index in [1.807, 2.05) is 17.5 Å². The average molecular weight is 329 g/mol. The molecule has 1 aromatic heterocycles. The minimum Gasteiger partial charge on any atom is -0.496 e. The van der Waals surface area contributed by atoms with Crippen LogP contribution in [0.4, 0.5) is 0 Å². The molecule has 0 amide bonds. The Hall–Kier alpha value is -1.11. The van der Waals surface area contributed by atoms with Gasteiger partial charge < -0.3 is 15.2 Å². The molecule has 18 heavy (non-hydrogen) atoms. The van der Waals surface area contributed by atoms with Crippen molar-refractivity contribution in [2.75, 3.05) is 14.2 Å². The molecule has 6 heteroatoms. The number of hydrogen-bond acceptors (Lipinski definition) is 5. The number of benzene rings is 1. The third-order valence-corrected chi connectivity index (χ3v) is 3.97. The van der Waals surface area contributed by atoms with E-state index in [9.17, 15) is 0 Å². The van der Waals surface area contributed by atoms with Crippen molar-refractivity contribution in [2.45, 2.75) is 6.54 Å². The van der Waals surface area contributed by atoms with E-state index < -0.39 is 0 Å². The molecular weight excluding hydrogens is 316 g/mol. The molecule has 0 saturated carbocycles. The molecule has 0 spiro atoms. The molecule has 0 bridgehead atoms. The molecule has 0 saturated heterocycles. The maximum atomic E-state index is 5.57. The maximum Gasteiger partial charge on any atom is 0.136 e. The topological polar surface area (TPSA) is 57.4 Å². The van der Waals surface area contributed by atoms with Crippen LogP contribution in [0.15, 0.2) is 22.0 Å². The SMILES string of the molecule is COc1cc(OC)c(-c2csc(CN)n2)cc1Br. The lowest BCUT2D eigenvalue weighted by molar-refractivity contribution is 0.393. The zero-order chi connectivity index (χ0) is 13.1. The van der Waals surface area contributed by atoms with Gasteiger partial charge in [-0.3, -0.25) is 0 Å². The van der Waals surface area contributed by atoms with Crippen molar-refractivity contribution >= 4 is 27.3 Å². The van der Waals surface area contributed by atoms with Gasteiger partial charge in [-0.25, -0.2) is 4.98 Å². The first-order valence-corrected chi connectivity index (χ1v) is 6.93. The monoisotopic (exact) mass is 328 g/mol. The van der Waals surface area contributed by atoms with Crippen LogP contribution in [0.3, 0.4) is 0 Å². The molecule has 4 nitrogen and oxygen atoms in total. The molecule has 0 aliphatic carbocycles. The van der Waals surface area contributed by atoms with Gasteiger partial charge in [-0.1, -0.05) is 0 Å². The molecule has 1 heterocycles. The summed E-state index contributed by atoms with van der Waals surface area (Å²) < 4.78 is 11.5. The second-order valence-electron chi connectivity index (χ2n) is 3.52. The normalized spacial score (nSPS) is 10.4. The van der Waals surface area contributed by atoms with Crippen LogP contribution >= 0.6 is 27.3 Å². The Balaban J connectivity index is 2.52. The second kappa shape index (κ2) is 5.69. The molecule has 0 aliphatic heterocycles. The fourth-order valence-electron chi connectivity index (χ4n) is 1.59. The summed E-state index contributed by atoms with van der Waals surface area (Å²) in [6.45, 7) is 0.449. The number of nitrogens with two attached hydrogens (primary N) is 1. The highest BCUT2D eigenvalue weighted by molar-refractivity contribution is 9.10. The minimum absolute atomic E-state index is 0.449. The molecule has 2 N–H and O–H groups in total. The Morgan fingerprint density at radius 2 is 2.00 bits per heavy atom. The summed E-state index contributed by atoms with van der Waals surface area (Å²) in [7, 11) is 3.25. The summed E-state index contributed by atoms with van der Waals surface area (Å²) in [6, 6.07) is 3.77. The van der Waals surface area contributed by atoms with Crippen molar-refractivity contribution in [3.8, 4) is 22.8 Å². The molecule has 0 aliphatic rings. The van der Waals surface area contributed by atoms with Crippen molar-refractivity contribution in [3.05, 3.63) is 27.0 Å². The average Bonchev–Trinajstić information content (AvgIpc) is 2.87. The molecule has 0 atom stereocenters. The highest BCUT2D eigenvalue weighted by Crippen LogP contribution is 2.38. The highest BCUT2D eigenvalue weighted by Gasteiger charge is 2.13. The van der Waals surface area contributed by atoms with E-state index >= 15 is 0 Å². The number of rotatable bonds is 4. The van der Waals surface area contributed by atoms with Gasteiger partial charge >= 0.3 is 0 Å². The first-order valence-electron chi connectivity index (χ1n) is 5.26. The fourth-order valence-corrected chi connectivity index (χ4v) is 2.77. The first kappa shape index (κ1) is 13.3. The fraction of sp³-hybridized carbons (Fsp3) is 0.250. The molecule has 1 aromatic carbocycles. The second-order valence-corrected chi connectivity index (χ2v) is 5.31. The van der Waals surface area contributed by atoms with Crippen molar-refractivity contribution in [1.82, 2.24) is 4.98 Å². The van der Waals surface area contributed by atoms with Crippen molar-refractivity contribution in [1.29, 1.82) is 0 Å². The number of thiazole rings is 1. The Morgan fingerprint density at radius 3 is 2.56 bits per heavy atom. The van der Waals surface area contributed by atoms with Crippen molar-refractivity contribution in [2.24, 2.45) is 5.73 Å². The van der Waals surface area contributed by atoms with Crippen LogP contribution in [0.2, 0.25) is 0 Å². The summed E-state index contributed by atoms with van der Waals surface area (Å²) in [6.07, 6.45) is 0. The van der Waals surface area contributed by atoms with Gasteiger partial charge in [0.2, 0.25) is 0 Å². The molecule has 96 valence electrons. The van der Waals surface area contributed by atoms with E-state index in [0.29, 0.717) is 6.54 Å². The highest BCUT2D eigenvalue weighted by atomic mass is 79.9. The largest absolute Gasteiger partial charge is 0.496 e. The summed E-state index contributed by atoms with van der Waals surface area (Å²) in [5, 5.41) is 2.87. The van der Waals surface area contributed by atoms with Gasteiger partial charge in [0.15, 0.2) is 0 Å². The van der Waals surface area contributed by atoms with Crippen LogP contribution in [0.25, 0.3) is 11.3 Å². The maximum absolute atomic E-state index is 5.57. The van der Waals surface area contributed by atoms with Gasteiger partial charge in [0.1, 0.15) is 16.5 Å². The lowest BCUT2D eigenvalue weighted by atomic mass is 10.1. The summed E-state index contributed by atoms with van der Waals surface area (Å²) in [5.74, 6) is 1.45. The van der Waals surface area contributed by atoms with Gasteiger partial charge in [0, 0.05) is 23.6 Å².